The summed E-state index contributed by atoms with van der Waals surface area (Å²) in [6, 6.07) is 23.3. The number of aryl methyl sites for hydroxylation is 3. The van der Waals surface area contributed by atoms with Crippen LogP contribution in [-0.2, 0) is 4.52 Å². The minimum absolute atomic E-state index is 0.392. The minimum atomic E-state index is -4.44. The Morgan fingerprint density at radius 1 is 0.714 bits per heavy atom. The molecule has 0 heterocycles. The molecule has 0 saturated heterocycles. The van der Waals surface area contributed by atoms with E-state index in [1.165, 1.54) is 0 Å². The van der Waals surface area contributed by atoms with Gasteiger partial charge in [-0.05, 0) is 0 Å². The molecule has 0 radical (unpaired) electrons. The number of benzene rings is 3. The van der Waals surface area contributed by atoms with Crippen LogP contribution in [0.25, 0.3) is 0 Å². The first-order valence-electron chi connectivity index (χ1n) is 9.69. The standard InChI is InChI=1S/C24H29O3P/c1-5-18-26-28(25,23-16-10-7-13-20(23)3,24-17-11-8-14-21(24)4)27-22-15-9-6-12-19(22)2/h6-17,25H,5,18H2,1-4H3. The maximum absolute atomic E-state index is 12.7. The molecule has 0 aliphatic heterocycles. The second-order valence-corrected chi connectivity index (χ2v) is 10.4. The molecule has 0 bridgehead atoms. The van der Waals surface area contributed by atoms with Crippen LogP contribution in [0.2, 0.25) is 0 Å². The van der Waals surface area contributed by atoms with Gasteiger partial charge >= 0.3 is 168 Å². The van der Waals surface area contributed by atoms with Crippen LogP contribution in [0.5, 0.6) is 5.75 Å². The summed E-state index contributed by atoms with van der Waals surface area (Å²) in [6.45, 7) is 8.38. The normalized spacial score (nSPS) is 13.0. The number of hydrogen-bond acceptors (Lipinski definition) is 3. The van der Waals surface area contributed by atoms with E-state index in [-0.39, 0.29) is 0 Å². The van der Waals surface area contributed by atoms with Gasteiger partial charge in [0.25, 0.3) is 0 Å². The third-order valence-corrected chi connectivity index (χ3v) is 8.88. The van der Waals surface area contributed by atoms with Crippen molar-refractivity contribution < 1.29 is 13.9 Å². The molecule has 28 heavy (non-hydrogen) atoms. The van der Waals surface area contributed by atoms with E-state index in [1.54, 1.807) is 0 Å². The number of rotatable bonds is 7. The molecule has 0 aliphatic rings. The van der Waals surface area contributed by atoms with E-state index in [4.69, 9.17) is 9.05 Å². The topological polar surface area (TPSA) is 38.7 Å². The zero-order valence-corrected chi connectivity index (χ0v) is 17.9. The van der Waals surface area contributed by atoms with Crippen LogP contribution in [0, 0.1) is 20.8 Å². The molecule has 1 N–H and O–H groups in total. The third kappa shape index (κ3) is 3.58. The van der Waals surface area contributed by atoms with Crippen LogP contribution in [0.1, 0.15) is 30.0 Å². The average molecular weight is 396 g/mol. The summed E-state index contributed by atoms with van der Waals surface area (Å²) in [4.78, 5) is 12.7. The van der Waals surface area contributed by atoms with Crippen molar-refractivity contribution in [1.29, 1.82) is 0 Å². The zero-order valence-electron chi connectivity index (χ0n) is 17.1. The van der Waals surface area contributed by atoms with Gasteiger partial charge < -0.3 is 0 Å². The molecular weight excluding hydrogens is 367 g/mol. The van der Waals surface area contributed by atoms with Crippen molar-refractivity contribution in [2.75, 3.05) is 6.61 Å². The molecule has 0 unspecified atom stereocenters. The van der Waals surface area contributed by atoms with E-state index < -0.39 is 7.28 Å². The van der Waals surface area contributed by atoms with Gasteiger partial charge in [-0.3, -0.25) is 0 Å². The van der Waals surface area contributed by atoms with E-state index in [1.807, 2.05) is 100 Å². The molecule has 0 atom stereocenters. The summed E-state index contributed by atoms with van der Waals surface area (Å²) in [6.07, 6.45) is 0.771. The summed E-state index contributed by atoms with van der Waals surface area (Å²) in [5, 5.41) is 1.42. The Morgan fingerprint density at radius 2 is 1.18 bits per heavy atom. The van der Waals surface area contributed by atoms with Crippen molar-refractivity contribution in [3.05, 3.63) is 89.5 Å². The summed E-state index contributed by atoms with van der Waals surface area (Å²) in [5.41, 5.74) is 2.83. The predicted octanol–water partition coefficient (Wildman–Crippen LogP) is 5.36. The van der Waals surface area contributed by atoms with E-state index in [2.05, 4.69) is 0 Å². The van der Waals surface area contributed by atoms with Crippen LogP contribution in [0.3, 0.4) is 0 Å². The van der Waals surface area contributed by atoms with Gasteiger partial charge in [-0.25, -0.2) is 0 Å². The van der Waals surface area contributed by atoms with Crippen molar-refractivity contribution in [1.82, 2.24) is 0 Å². The zero-order chi connectivity index (χ0) is 20.2. The van der Waals surface area contributed by atoms with Gasteiger partial charge in [0, 0.05) is 0 Å². The summed E-state index contributed by atoms with van der Waals surface area (Å²) < 4.78 is 13.0. The van der Waals surface area contributed by atoms with Crippen molar-refractivity contribution in [3.8, 4) is 5.75 Å². The van der Waals surface area contributed by atoms with Gasteiger partial charge in [-0.15, -0.1) is 0 Å². The fourth-order valence-corrected chi connectivity index (χ4v) is 7.48. The van der Waals surface area contributed by atoms with Crippen LogP contribution in [-0.4, -0.2) is 11.5 Å². The SMILES string of the molecule is CCCOP(O)(Oc1ccccc1C)(c1ccccc1C)c1ccccc1C. The van der Waals surface area contributed by atoms with E-state index in [0.29, 0.717) is 23.0 Å². The first-order valence-corrected chi connectivity index (χ1v) is 11.7. The predicted molar refractivity (Wildman–Crippen MR) is 119 cm³/mol. The quantitative estimate of drug-likeness (QED) is 0.547. The van der Waals surface area contributed by atoms with Crippen molar-refractivity contribution >= 4 is 17.9 Å². The van der Waals surface area contributed by atoms with Gasteiger partial charge in [0.2, 0.25) is 0 Å². The third-order valence-electron chi connectivity index (χ3n) is 4.98. The molecule has 3 rings (SSSR count). The second kappa shape index (κ2) is 8.05. The Labute approximate surface area is 168 Å². The van der Waals surface area contributed by atoms with Crippen molar-refractivity contribution in [2.45, 2.75) is 34.1 Å². The Bertz CT molecular complexity index is 922. The molecule has 3 aromatic rings. The summed E-state index contributed by atoms with van der Waals surface area (Å²) >= 11 is 0. The summed E-state index contributed by atoms with van der Waals surface area (Å²) in [5.74, 6) is 0.630. The molecule has 0 saturated carbocycles. The second-order valence-electron chi connectivity index (χ2n) is 7.18. The van der Waals surface area contributed by atoms with Crippen molar-refractivity contribution in [2.24, 2.45) is 0 Å². The molecule has 3 aromatic carbocycles. The van der Waals surface area contributed by atoms with Gasteiger partial charge in [0.05, 0.1) is 0 Å². The van der Waals surface area contributed by atoms with Gasteiger partial charge in [-0.1, -0.05) is 0 Å². The Morgan fingerprint density at radius 3 is 1.64 bits per heavy atom. The van der Waals surface area contributed by atoms with E-state index in [0.717, 1.165) is 23.1 Å². The molecule has 0 aliphatic carbocycles. The molecule has 0 aromatic heterocycles. The van der Waals surface area contributed by atoms with Crippen molar-refractivity contribution in [3.63, 3.8) is 0 Å². The molecule has 0 amide bonds. The maximum atomic E-state index is 12.7. The van der Waals surface area contributed by atoms with Crippen LogP contribution < -0.4 is 15.1 Å². The Hall–Kier alpha value is -2.19. The Balaban J connectivity index is 2.37. The number of para-hydroxylation sites is 1. The molecule has 0 spiro atoms. The molecule has 148 valence electrons. The molecular formula is C24H29O3P. The van der Waals surface area contributed by atoms with E-state index >= 15 is 0 Å². The van der Waals surface area contributed by atoms with Crippen LogP contribution in [0.15, 0.2) is 72.8 Å². The van der Waals surface area contributed by atoms with Gasteiger partial charge in [0.1, 0.15) is 0 Å². The molecule has 0 fully saturated rings. The Kier molecular flexibility index (Phi) is 5.90. The van der Waals surface area contributed by atoms with Gasteiger partial charge in [-0.2, -0.15) is 0 Å². The first kappa shape index (κ1) is 20.5. The molecule has 4 heteroatoms. The monoisotopic (exact) mass is 396 g/mol. The van der Waals surface area contributed by atoms with Crippen LogP contribution in [0.4, 0.5) is 0 Å². The van der Waals surface area contributed by atoms with Gasteiger partial charge in [0.15, 0.2) is 0 Å². The number of hydrogen-bond donors (Lipinski definition) is 1. The summed E-state index contributed by atoms with van der Waals surface area (Å²) in [7, 11) is -4.44. The fourth-order valence-electron chi connectivity index (χ4n) is 3.51. The molecule has 3 nitrogen and oxygen atoms in total. The van der Waals surface area contributed by atoms with E-state index in [9.17, 15) is 4.89 Å². The fraction of sp³-hybridized carbons (Fsp3) is 0.250. The van der Waals surface area contributed by atoms with Crippen LogP contribution >= 0.6 is 7.28 Å². The first-order chi connectivity index (χ1) is 13.4. The average Bonchev–Trinajstić information content (AvgIpc) is 2.69.